The number of alkyl carbamates (subject to hydrolysis) is 1. The Bertz CT molecular complexity index is 981. The lowest BCUT2D eigenvalue weighted by atomic mass is 9.98. The van der Waals surface area contributed by atoms with E-state index in [-0.39, 0.29) is 18.4 Å². The van der Waals surface area contributed by atoms with Gasteiger partial charge in [-0.25, -0.2) is 4.79 Å². The van der Waals surface area contributed by atoms with Gasteiger partial charge in [-0.15, -0.1) is 0 Å². The number of nitrogens with zero attached hydrogens (tertiary/aromatic N) is 1. The Morgan fingerprint density at radius 1 is 1.00 bits per heavy atom. The second-order valence-corrected chi connectivity index (χ2v) is 8.82. The van der Waals surface area contributed by atoms with Crippen LogP contribution in [-0.2, 0) is 14.3 Å². The van der Waals surface area contributed by atoms with Gasteiger partial charge in [0.1, 0.15) is 12.6 Å². The lowest BCUT2D eigenvalue weighted by Gasteiger charge is -2.23. The quantitative estimate of drug-likeness (QED) is 0.723. The number of amides is 2. The van der Waals surface area contributed by atoms with Crippen LogP contribution in [0, 0.1) is 11.8 Å². The molecule has 1 heterocycles. The van der Waals surface area contributed by atoms with Crippen LogP contribution in [0.5, 0.6) is 0 Å². The number of carbonyl (C=O) groups is 3. The summed E-state index contributed by atoms with van der Waals surface area (Å²) in [6.07, 6.45) is -1.27. The Labute approximate surface area is 187 Å². The molecular weight excluding hydrogens is 408 g/mol. The minimum absolute atomic E-state index is 0.103. The largest absolute Gasteiger partial charge is 0.481 e. The highest BCUT2D eigenvalue weighted by Crippen LogP contribution is 2.44. The molecule has 2 N–H and O–H groups in total. The van der Waals surface area contributed by atoms with Crippen molar-refractivity contribution >= 4 is 18.0 Å². The van der Waals surface area contributed by atoms with Crippen LogP contribution >= 0.6 is 0 Å². The van der Waals surface area contributed by atoms with Crippen molar-refractivity contribution in [1.29, 1.82) is 0 Å². The van der Waals surface area contributed by atoms with Crippen LogP contribution in [-0.4, -0.2) is 53.7 Å². The fourth-order valence-electron chi connectivity index (χ4n) is 4.69. The summed E-state index contributed by atoms with van der Waals surface area (Å²) in [5.74, 6) is -0.973. The number of rotatable bonds is 6. The van der Waals surface area contributed by atoms with E-state index < -0.39 is 24.5 Å². The van der Waals surface area contributed by atoms with E-state index >= 15 is 0 Å². The monoisotopic (exact) mass is 436 g/mol. The van der Waals surface area contributed by atoms with E-state index in [4.69, 9.17) is 4.74 Å². The molecule has 7 nitrogen and oxygen atoms in total. The first-order valence-corrected chi connectivity index (χ1v) is 11.0. The number of nitrogens with one attached hydrogen (secondary N) is 1. The number of aliphatic carboxylic acids is 1. The van der Waals surface area contributed by atoms with Crippen LogP contribution in [0.15, 0.2) is 48.5 Å². The van der Waals surface area contributed by atoms with Crippen molar-refractivity contribution < 1.29 is 24.2 Å². The summed E-state index contributed by atoms with van der Waals surface area (Å²) in [4.78, 5) is 38.4. The van der Waals surface area contributed by atoms with Gasteiger partial charge in [0.25, 0.3) is 0 Å². The molecule has 2 aliphatic rings. The maximum absolute atomic E-state index is 12.9. The van der Waals surface area contributed by atoms with Crippen LogP contribution in [0.1, 0.15) is 37.3 Å². The van der Waals surface area contributed by atoms with Crippen LogP contribution in [0.2, 0.25) is 0 Å². The molecule has 32 heavy (non-hydrogen) atoms. The first kappa shape index (κ1) is 21.9. The van der Waals surface area contributed by atoms with Crippen molar-refractivity contribution in [2.75, 3.05) is 19.7 Å². The van der Waals surface area contributed by atoms with Gasteiger partial charge < -0.3 is 20.1 Å². The summed E-state index contributed by atoms with van der Waals surface area (Å²) in [6.45, 7) is 5.34. The van der Waals surface area contributed by atoms with Crippen LogP contribution < -0.4 is 5.32 Å². The minimum atomic E-state index is -1.15. The third-order valence-electron chi connectivity index (χ3n) is 6.61. The molecule has 2 aromatic carbocycles. The number of carboxylic acids is 1. The summed E-state index contributed by atoms with van der Waals surface area (Å²) >= 11 is 0. The Morgan fingerprint density at radius 3 is 2.06 bits per heavy atom. The number of ether oxygens (including phenoxy) is 1. The number of carbonyl (C=O) groups excluding carboxylic acids is 2. The molecule has 2 aromatic rings. The Kier molecular flexibility index (Phi) is 6.17. The topological polar surface area (TPSA) is 95.9 Å². The van der Waals surface area contributed by atoms with Gasteiger partial charge in [0.2, 0.25) is 5.91 Å². The highest BCUT2D eigenvalue weighted by atomic mass is 16.5. The van der Waals surface area contributed by atoms with Gasteiger partial charge in [-0.05, 0) is 34.1 Å². The molecule has 1 aliphatic heterocycles. The molecule has 0 radical (unpaired) electrons. The number of fused-ring (bicyclic) bond motifs is 3. The lowest BCUT2D eigenvalue weighted by Crippen LogP contribution is -2.49. The number of likely N-dealkylation sites (tertiary alicyclic amines) is 1. The van der Waals surface area contributed by atoms with Crippen molar-refractivity contribution in [3.05, 3.63) is 59.7 Å². The van der Waals surface area contributed by atoms with Crippen LogP contribution in [0.3, 0.4) is 0 Å². The summed E-state index contributed by atoms with van der Waals surface area (Å²) in [5.41, 5.74) is 4.40. The molecule has 2 amide bonds. The van der Waals surface area contributed by atoms with E-state index in [1.165, 1.54) is 0 Å². The van der Waals surface area contributed by atoms with Gasteiger partial charge in [0.05, 0.1) is 6.42 Å². The summed E-state index contributed by atoms with van der Waals surface area (Å²) in [5, 5.41) is 11.7. The Hall–Kier alpha value is -3.35. The van der Waals surface area contributed by atoms with E-state index in [2.05, 4.69) is 19.2 Å². The van der Waals surface area contributed by atoms with Gasteiger partial charge in [-0.3, -0.25) is 9.59 Å². The molecule has 0 spiro atoms. The van der Waals surface area contributed by atoms with Crippen molar-refractivity contribution in [3.8, 4) is 11.1 Å². The molecule has 3 atom stereocenters. The summed E-state index contributed by atoms with van der Waals surface area (Å²) < 4.78 is 5.49. The zero-order valence-corrected chi connectivity index (χ0v) is 18.3. The number of hydrogen-bond donors (Lipinski definition) is 2. The lowest BCUT2D eigenvalue weighted by molar-refractivity contribution is -0.142. The molecule has 1 aliphatic carbocycles. The average molecular weight is 437 g/mol. The highest BCUT2D eigenvalue weighted by Gasteiger charge is 2.35. The van der Waals surface area contributed by atoms with Crippen molar-refractivity contribution in [2.24, 2.45) is 11.8 Å². The first-order chi connectivity index (χ1) is 15.3. The zero-order valence-electron chi connectivity index (χ0n) is 18.3. The van der Waals surface area contributed by atoms with Gasteiger partial charge in [0, 0.05) is 19.0 Å². The van der Waals surface area contributed by atoms with Crippen LogP contribution in [0.25, 0.3) is 11.1 Å². The molecule has 1 saturated heterocycles. The molecule has 168 valence electrons. The fraction of sp³-hybridized carbons (Fsp3) is 0.400. The second kappa shape index (κ2) is 9.02. The number of carboxylic acid groups (broad SMARTS) is 1. The maximum atomic E-state index is 12.9. The molecule has 7 heteroatoms. The maximum Gasteiger partial charge on any atom is 0.407 e. The van der Waals surface area contributed by atoms with Gasteiger partial charge in [-0.1, -0.05) is 62.4 Å². The zero-order chi connectivity index (χ0) is 22.8. The standard InChI is InChI=1S/C25H28N2O5/c1-15-12-27(13-16(15)2)24(30)22(11-23(28)29)26-25(31)32-14-21-19-9-5-3-7-17(19)18-8-4-6-10-20(18)21/h3-10,15-16,21-22H,11-14H2,1-2H3,(H,26,31)(H,28,29). The van der Waals surface area contributed by atoms with Gasteiger partial charge in [-0.2, -0.15) is 0 Å². The fourth-order valence-corrected chi connectivity index (χ4v) is 4.69. The Morgan fingerprint density at radius 2 is 1.53 bits per heavy atom. The summed E-state index contributed by atoms with van der Waals surface area (Å²) in [7, 11) is 0. The van der Waals surface area contributed by atoms with Crippen molar-refractivity contribution in [2.45, 2.75) is 32.2 Å². The third-order valence-corrected chi connectivity index (χ3v) is 6.61. The van der Waals surface area contributed by atoms with E-state index in [0.29, 0.717) is 24.9 Å². The van der Waals surface area contributed by atoms with E-state index in [1.54, 1.807) is 4.90 Å². The molecule has 0 saturated carbocycles. The van der Waals surface area contributed by atoms with Crippen molar-refractivity contribution in [1.82, 2.24) is 10.2 Å². The number of hydrogen-bond acceptors (Lipinski definition) is 4. The smallest absolute Gasteiger partial charge is 0.407 e. The molecule has 0 aromatic heterocycles. The molecule has 0 bridgehead atoms. The van der Waals surface area contributed by atoms with Crippen molar-refractivity contribution in [3.63, 3.8) is 0 Å². The second-order valence-electron chi connectivity index (χ2n) is 8.82. The predicted molar refractivity (Wildman–Crippen MR) is 119 cm³/mol. The number of benzene rings is 2. The molecular formula is C25H28N2O5. The highest BCUT2D eigenvalue weighted by molar-refractivity contribution is 5.89. The molecule has 3 unspecified atom stereocenters. The van der Waals surface area contributed by atoms with Crippen LogP contribution in [0.4, 0.5) is 4.79 Å². The van der Waals surface area contributed by atoms with Gasteiger partial charge >= 0.3 is 12.1 Å². The van der Waals surface area contributed by atoms with E-state index in [1.807, 2.05) is 48.5 Å². The predicted octanol–water partition coefficient (Wildman–Crippen LogP) is 3.48. The summed E-state index contributed by atoms with van der Waals surface area (Å²) in [6, 6.07) is 14.9. The van der Waals surface area contributed by atoms with Gasteiger partial charge in [0.15, 0.2) is 0 Å². The SMILES string of the molecule is CC1CN(C(=O)C(CC(=O)O)NC(=O)OCC2c3ccccc3-c3ccccc32)CC1C. The average Bonchev–Trinajstić information content (AvgIpc) is 3.28. The minimum Gasteiger partial charge on any atom is -0.481 e. The third kappa shape index (κ3) is 4.33. The van der Waals surface area contributed by atoms with E-state index in [9.17, 15) is 19.5 Å². The van der Waals surface area contributed by atoms with E-state index in [0.717, 1.165) is 22.3 Å². The molecule has 1 fully saturated rings. The first-order valence-electron chi connectivity index (χ1n) is 11.0. The Balaban J connectivity index is 1.43. The molecule has 4 rings (SSSR count). The normalized spacial score (nSPS) is 20.4.